The zero-order valence-electron chi connectivity index (χ0n) is 25.2. The number of nitrogens with zero attached hydrogens (tertiary/aromatic N) is 4. The number of carbonyl (C=O) groups excluding carboxylic acids is 1. The third kappa shape index (κ3) is 8.37. The highest BCUT2D eigenvalue weighted by molar-refractivity contribution is 8.01. The number of hydrogen-bond acceptors (Lipinski definition) is 8. The van der Waals surface area contributed by atoms with Gasteiger partial charge in [-0.2, -0.15) is 13.2 Å². The number of hydrogen-bond donors (Lipinski definition) is 0. The molecule has 2 heterocycles. The maximum absolute atomic E-state index is 13.4. The van der Waals surface area contributed by atoms with Gasteiger partial charge in [-0.1, -0.05) is 29.4 Å². The molecule has 4 aromatic rings. The molecule has 0 saturated heterocycles. The van der Waals surface area contributed by atoms with Crippen LogP contribution < -0.4 is 4.90 Å². The number of carbonyl (C=O) groups is 1. The van der Waals surface area contributed by atoms with Crippen molar-refractivity contribution in [3.8, 4) is 11.3 Å². The van der Waals surface area contributed by atoms with Crippen molar-refractivity contribution in [1.82, 2.24) is 15.1 Å². The van der Waals surface area contributed by atoms with E-state index in [-0.39, 0.29) is 5.97 Å². The van der Waals surface area contributed by atoms with E-state index >= 15 is 0 Å². The predicted molar refractivity (Wildman–Crippen MR) is 161 cm³/mol. The minimum Gasteiger partial charge on any atom is -0.459 e. The number of thioether (sulfide) groups is 1. The molecule has 0 atom stereocenters. The Kier molecular flexibility index (Phi) is 9.24. The van der Waals surface area contributed by atoms with Crippen molar-refractivity contribution < 1.29 is 27.2 Å². The fraction of sp³-hybridized carbons (Fsp3) is 0.375. The molecule has 0 spiro atoms. The lowest BCUT2D eigenvalue weighted by Crippen LogP contribution is -2.36. The number of rotatable bonds is 9. The largest absolute Gasteiger partial charge is 0.459 e. The van der Waals surface area contributed by atoms with Crippen LogP contribution >= 0.6 is 11.8 Å². The standard InChI is InChI=1S/C32H35F3N4O3S/c1-20-26(21(2)42-38-20)18-39(28-16-27(36-19-37-28)23-9-8-10-24(15-23)32(33,34)35)17-22-11-13-25(14-12-22)43-31(6,7)29(40)41-30(3,4)5/h8-16,19H,17-18H2,1-7H3. The summed E-state index contributed by atoms with van der Waals surface area (Å²) in [6.07, 6.45) is -3.11. The lowest BCUT2D eigenvalue weighted by molar-refractivity contribution is -0.156. The van der Waals surface area contributed by atoms with Crippen LogP contribution in [-0.4, -0.2) is 31.4 Å². The second kappa shape index (κ2) is 12.4. The highest BCUT2D eigenvalue weighted by Crippen LogP contribution is 2.36. The van der Waals surface area contributed by atoms with Gasteiger partial charge in [0.2, 0.25) is 0 Å². The first-order chi connectivity index (χ1) is 20.0. The molecule has 0 amide bonds. The van der Waals surface area contributed by atoms with Gasteiger partial charge in [-0.15, -0.1) is 11.8 Å². The van der Waals surface area contributed by atoms with E-state index in [9.17, 15) is 18.0 Å². The number of ether oxygens (including phenoxy) is 1. The van der Waals surface area contributed by atoms with E-state index in [1.54, 1.807) is 12.1 Å². The van der Waals surface area contributed by atoms with Gasteiger partial charge < -0.3 is 14.2 Å². The SMILES string of the molecule is Cc1noc(C)c1CN(Cc1ccc(SC(C)(C)C(=O)OC(C)(C)C)cc1)c1cc(-c2cccc(C(F)(F)F)c2)ncn1. The molecule has 0 aliphatic carbocycles. The summed E-state index contributed by atoms with van der Waals surface area (Å²) in [5.41, 5.74) is 1.99. The molecule has 0 aliphatic rings. The normalized spacial score (nSPS) is 12.3. The quantitative estimate of drug-likeness (QED) is 0.138. The Hall–Kier alpha value is -3.86. The third-order valence-corrected chi connectivity index (χ3v) is 7.74. The summed E-state index contributed by atoms with van der Waals surface area (Å²) in [4.78, 5) is 24.4. The molecule has 0 bridgehead atoms. The number of aromatic nitrogens is 3. The Labute approximate surface area is 253 Å². The molecule has 0 unspecified atom stereocenters. The monoisotopic (exact) mass is 612 g/mol. The summed E-state index contributed by atoms with van der Waals surface area (Å²) in [7, 11) is 0. The summed E-state index contributed by atoms with van der Waals surface area (Å²) in [5, 5.41) is 4.07. The Balaban J connectivity index is 1.61. The lowest BCUT2D eigenvalue weighted by atomic mass is 10.1. The number of aryl methyl sites for hydroxylation is 2. The minimum absolute atomic E-state index is 0.292. The Bertz CT molecular complexity index is 1560. The van der Waals surface area contributed by atoms with Gasteiger partial charge in [0.15, 0.2) is 0 Å². The molecular weight excluding hydrogens is 577 g/mol. The van der Waals surface area contributed by atoms with Crippen molar-refractivity contribution >= 4 is 23.5 Å². The molecular formula is C32H35F3N4O3S. The van der Waals surface area contributed by atoms with Crippen LogP contribution in [0, 0.1) is 13.8 Å². The summed E-state index contributed by atoms with van der Waals surface area (Å²) >= 11 is 1.42. The van der Waals surface area contributed by atoms with Gasteiger partial charge in [-0.3, -0.25) is 4.79 Å². The van der Waals surface area contributed by atoms with E-state index in [0.29, 0.717) is 35.9 Å². The lowest BCUT2D eigenvalue weighted by Gasteiger charge is -2.28. The molecule has 11 heteroatoms. The fourth-order valence-corrected chi connectivity index (χ4v) is 5.28. The molecule has 2 aromatic heterocycles. The summed E-state index contributed by atoms with van der Waals surface area (Å²) in [5.74, 6) is 0.915. The van der Waals surface area contributed by atoms with Crippen LogP contribution in [0.3, 0.4) is 0 Å². The van der Waals surface area contributed by atoms with Gasteiger partial charge in [0, 0.05) is 28.6 Å². The van der Waals surface area contributed by atoms with E-state index in [1.165, 1.54) is 24.2 Å². The zero-order chi connectivity index (χ0) is 31.6. The Morgan fingerprint density at radius 1 is 0.953 bits per heavy atom. The van der Waals surface area contributed by atoms with Crippen LogP contribution in [-0.2, 0) is 28.8 Å². The summed E-state index contributed by atoms with van der Waals surface area (Å²) < 4.78 is 50.3. The molecule has 2 aromatic carbocycles. The molecule has 0 aliphatic heterocycles. The molecule has 0 saturated carbocycles. The Morgan fingerprint density at radius 2 is 1.65 bits per heavy atom. The van der Waals surface area contributed by atoms with Crippen LogP contribution in [0.5, 0.6) is 0 Å². The van der Waals surface area contributed by atoms with E-state index < -0.39 is 22.1 Å². The van der Waals surface area contributed by atoms with E-state index in [2.05, 4.69) is 15.1 Å². The minimum atomic E-state index is -4.46. The highest BCUT2D eigenvalue weighted by atomic mass is 32.2. The van der Waals surface area contributed by atoms with Crippen LogP contribution in [0.25, 0.3) is 11.3 Å². The van der Waals surface area contributed by atoms with Gasteiger partial charge in [0.1, 0.15) is 28.3 Å². The van der Waals surface area contributed by atoms with Gasteiger partial charge in [-0.05, 0) is 78.3 Å². The first-order valence-electron chi connectivity index (χ1n) is 13.7. The van der Waals surface area contributed by atoms with Crippen molar-refractivity contribution in [3.63, 3.8) is 0 Å². The van der Waals surface area contributed by atoms with E-state index in [1.807, 2.05) is 77.6 Å². The van der Waals surface area contributed by atoms with Crippen LogP contribution in [0.2, 0.25) is 0 Å². The second-order valence-electron chi connectivity index (χ2n) is 11.8. The fourth-order valence-electron chi connectivity index (χ4n) is 4.29. The van der Waals surface area contributed by atoms with Gasteiger partial charge in [0.25, 0.3) is 0 Å². The predicted octanol–water partition coefficient (Wildman–Crippen LogP) is 8.19. The number of anilines is 1. The van der Waals surface area contributed by atoms with Crippen molar-refractivity contribution in [2.24, 2.45) is 0 Å². The van der Waals surface area contributed by atoms with Gasteiger partial charge >= 0.3 is 12.1 Å². The molecule has 228 valence electrons. The average Bonchev–Trinajstić information content (AvgIpc) is 3.24. The molecule has 7 nitrogen and oxygen atoms in total. The van der Waals surface area contributed by atoms with Gasteiger partial charge in [0.05, 0.1) is 23.5 Å². The van der Waals surface area contributed by atoms with E-state index in [0.717, 1.165) is 33.8 Å². The third-order valence-electron chi connectivity index (χ3n) is 6.55. The summed E-state index contributed by atoms with van der Waals surface area (Å²) in [6, 6.07) is 14.6. The smallest absolute Gasteiger partial charge is 0.416 e. The number of halogens is 3. The van der Waals surface area contributed by atoms with Crippen LogP contribution in [0.4, 0.5) is 19.0 Å². The Morgan fingerprint density at radius 3 is 2.26 bits per heavy atom. The first-order valence-corrected chi connectivity index (χ1v) is 14.5. The van der Waals surface area contributed by atoms with Crippen LogP contribution in [0.1, 0.15) is 62.8 Å². The van der Waals surface area contributed by atoms with Crippen molar-refractivity contribution in [2.45, 2.75) is 83.0 Å². The number of esters is 1. The molecule has 0 radical (unpaired) electrons. The van der Waals surface area contributed by atoms with Crippen molar-refractivity contribution in [2.75, 3.05) is 4.90 Å². The average molecular weight is 613 g/mol. The molecule has 4 rings (SSSR count). The number of benzene rings is 2. The zero-order valence-corrected chi connectivity index (χ0v) is 26.1. The molecule has 0 fully saturated rings. The second-order valence-corrected chi connectivity index (χ2v) is 13.5. The van der Waals surface area contributed by atoms with E-state index in [4.69, 9.17) is 9.26 Å². The van der Waals surface area contributed by atoms with Crippen molar-refractivity contribution in [1.29, 1.82) is 0 Å². The topological polar surface area (TPSA) is 81.4 Å². The molecule has 43 heavy (non-hydrogen) atoms. The highest BCUT2D eigenvalue weighted by Gasteiger charge is 2.34. The molecule has 0 N–H and O–H groups in total. The maximum Gasteiger partial charge on any atom is 0.416 e. The summed E-state index contributed by atoms with van der Waals surface area (Å²) in [6.45, 7) is 13.7. The first kappa shape index (κ1) is 32.1. The van der Waals surface area contributed by atoms with Crippen LogP contribution in [0.15, 0.2) is 70.3 Å². The maximum atomic E-state index is 13.4. The number of alkyl halides is 3. The van der Waals surface area contributed by atoms with Crippen molar-refractivity contribution in [3.05, 3.63) is 89.1 Å². The van der Waals surface area contributed by atoms with Gasteiger partial charge in [-0.25, -0.2) is 9.97 Å².